The Morgan fingerprint density at radius 2 is 2.07 bits per heavy atom. The molecule has 2 heteroatoms. The van der Waals surface area contributed by atoms with Crippen LogP contribution >= 0.6 is 11.3 Å². The van der Waals surface area contributed by atoms with Crippen LogP contribution in [-0.4, -0.2) is 10.7 Å². The normalized spacial score (nSPS) is 30.3. The first-order valence-corrected chi connectivity index (χ1v) is 6.71. The van der Waals surface area contributed by atoms with Gasteiger partial charge in [0.25, 0.3) is 0 Å². The minimum absolute atomic E-state index is 0.0627. The van der Waals surface area contributed by atoms with Crippen LogP contribution in [-0.2, 0) is 6.42 Å². The van der Waals surface area contributed by atoms with Crippen LogP contribution < -0.4 is 0 Å². The molecule has 1 aromatic rings. The fourth-order valence-corrected chi connectivity index (χ4v) is 3.28. The largest absolute Gasteiger partial charge is 0.389 e. The van der Waals surface area contributed by atoms with Gasteiger partial charge >= 0.3 is 0 Å². The van der Waals surface area contributed by atoms with Gasteiger partial charge in [-0.3, -0.25) is 0 Å². The van der Waals surface area contributed by atoms with E-state index in [0.717, 1.165) is 19.3 Å². The van der Waals surface area contributed by atoms with Crippen molar-refractivity contribution in [3.63, 3.8) is 0 Å². The van der Waals surface area contributed by atoms with Crippen LogP contribution in [0.2, 0.25) is 0 Å². The van der Waals surface area contributed by atoms with E-state index in [2.05, 4.69) is 30.7 Å². The van der Waals surface area contributed by atoms with E-state index in [4.69, 9.17) is 0 Å². The Morgan fingerprint density at radius 1 is 1.33 bits per heavy atom. The molecule has 1 atom stereocenters. The highest BCUT2D eigenvalue weighted by Crippen LogP contribution is 2.45. The highest BCUT2D eigenvalue weighted by Gasteiger charge is 2.44. The third kappa shape index (κ3) is 2.11. The van der Waals surface area contributed by atoms with E-state index < -0.39 is 5.60 Å². The minimum atomic E-state index is -0.494. The standard InChI is InChI=1S/C13H20OS/c1-12(2)6-3-4-7-13(12,14)9-11-5-8-15-10-11/h5,8,10,14H,3-4,6-7,9H2,1-2H3. The third-order valence-corrected chi connectivity index (χ3v) is 4.71. The van der Waals surface area contributed by atoms with Crippen molar-refractivity contribution in [2.24, 2.45) is 5.41 Å². The van der Waals surface area contributed by atoms with Crippen LogP contribution in [0.4, 0.5) is 0 Å². The first kappa shape index (κ1) is 11.2. The molecule has 1 saturated carbocycles. The first-order valence-electron chi connectivity index (χ1n) is 5.77. The second-order valence-corrected chi connectivity index (χ2v) is 6.21. The molecule has 0 radical (unpaired) electrons. The Kier molecular flexibility index (Phi) is 2.91. The summed E-state index contributed by atoms with van der Waals surface area (Å²) < 4.78 is 0. The average Bonchev–Trinajstić information content (AvgIpc) is 2.63. The molecule has 1 aliphatic carbocycles. The van der Waals surface area contributed by atoms with E-state index in [9.17, 15) is 5.11 Å². The smallest absolute Gasteiger partial charge is 0.0738 e. The number of hydrogen-bond acceptors (Lipinski definition) is 2. The summed E-state index contributed by atoms with van der Waals surface area (Å²) in [4.78, 5) is 0. The number of aliphatic hydroxyl groups is 1. The van der Waals surface area contributed by atoms with Crippen molar-refractivity contribution in [2.75, 3.05) is 0 Å². The van der Waals surface area contributed by atoms with Gasteiger partial charge in [0, 0.05) is 6.42 Å². The van der Waals surface area contributed by atoms with Crippen molar-refractivity contribution in [1.29, 1.82) is 0 Å². The van der Waals surface area contributed by atoms with Crippen molar-refractivity contribution in [1.82, 2.24) is 0 Å². The van der Waals surface area contributed by atoms with E-state index in [1.54, 1.807) is 11.3 Å². The minimum Gasteiger partial charge on any atom is -0.389 e. The van der Waals surface area contributed by atoms with Gasteiger partial charge in [0.15, 0.2) is 0 Å². The summed E-state index contributed by atoms with van der Waals surface area (Å²) in [5.74, 6) is 0. The van der Waals surface area contributed by atoms with E-state index in [1.165, 1.54) is 18.4 Å². The second-order valence-electron chi connectivity index (χ2n) is 5.43. The molecule has 1 fully saturated rings. The summed E-state index contributed by atoms with van der Waals surface area (Å²) >= 11 is 1.72. The van der Waals surface area contributed by atoms with Crippen molar-refractivity contribution in [3.8, 4) is 0 Å². The Hall–Kier alpha value is -0.340. The molecule has 0 spiro atoms. The Bertz CT molecular complexity index is 315. The van der Waals surface area contributed by atoms with Crippen LogP contribution in [0.1, 0.15) is 45.1 Å². The fourth-order valence-electron chi connectivity index (χ4n) is 2.61. The summed E-state index contributed by atoms with van der Waals surface area (Å²) in [5.41, 5.74) is 0.858. The number of hydrogen-bond donors (Lipinski definition) is 1. The molecular weight excluding hydrogens is 204 g/mol. The zero-order chi connectivity index (χ0) is 10.9. The summed E-state index contributed by atoms with van der Waals surface area (Å²) in [7, 11) is 0. The lowest BCUT2D eigenvalue weighted by molar-refractivity contribution is -0.0957. The first-order chi connectivity index (χ1) is 7.04. The summed E-state index contributed by atoms with van der Waals surface area (Å²) in [6, 6.07) is 2.13. The van der Waals surface area contributed by atoms with Crippen molar-refractivity contribution in [3.05, 3.63) is 22.4 Å². The SMILES string of the molecule is CC1(C)CCCCC1(O)Cc1ccsc1. The van der Waals surface area contributed by atoms with Crippen LogP contribution in [0.3, 0.4) is 0 Å². The van der Waals surface area contributed by atoms with Gasteiger partial charge in [0.2, 0.25) is 0 Å². The highest BCUT2D eigenvalue weighted by molar-refractivity contribution is 7.07. The highest BCUT2D eigenvalue weighted by atomic mass is 32.1. The van der Waals surface area contributed by atoms with Gasteiger partial charge in [-0.05, 0) is 40.6 Å². The zero-order valence-electron chi connectivity index (χ0n) is 9.62. The zero-order valence-corrected chi connectivity index (χ0v) is 10.4. The van der Waals surface area contributed by atoms with E-state index in [0.29, 0.717) is 0 Å². The topological polar surface area (TPSA) is 20.2 Å². The van der Waals surface area contributed by atoms with E-state index in [1.807, 2.05) is 0 Å². The van der Waals surface area contributed by atoms with Crippen molar-refractivity contribution in [2.45, 2.75) is 51.6 Å². The molecule has 2 rings (SSSR count). The lowest BCUT2D eigenvalue weighted by Gasteiger charge is -2.46. The quantitative estimate of drug-likeness (QED) is 0.813. The summed E-state index contributed by atoms with van der Waals surface area (Å²) in [5, 5.41) is 15.0. The van der Waals surface area contributed by atoms with Gasteiger partial charge in [-0.1, -0.05) is 26.7 Å². The molecule has 1 nitrogen and oxygen atoms in total. The molecule has 1 aromatic heterocycles. The molecule has 0 saturated heterocycles. The van der Waals surface area contributed by atoms with Crippen LogP contribution in [0.25, 0.3) is 0 Å². The fraction of sp³-hybridized carbons (Fsp3) is 0.692. The van der Waals surface area contributed by atoms with E-state index in [-0.39, 0.29) is 5.41 Å². The predicted octanol–water partition coefficient (Wildman–Crippen LogP) is 3.62. The molecule has 1 aliphatic rings. The maximum atomic E-state index is 10.8. The van der Waals surface area contributed by atoms with Gasteiger partial charge in [-0.2, -0.15) is 11.3 Å². The molecule has 0 amide bonds. The Labute approximate surface area is 96.1 Å². The lowest BCUT2D eigenvalue weighted by atomic mass is 9.63. The maximum Gasteiger partial charge on any atom is 0.0738 e. The molecule has 84 valence electrons. The average molecular weight is 224 g/mol. The Balaban J connectivity index is 2.17. The molecular formula is C13H20OS. The molecule has 0 bridgehead atoms. The predicted molar refractivity (Wildman–Crippen MR) is 65.2 cm³/mol. The molecule has 1 heterocycles. The van der Waals surface area contributed by atoms with Crippen LogP contribution in [0.5, 0.6) is 0 Å². The van der Waals surface area contributed by atoms with Gasteiger partial charge in [0.1, 0.15) is 0 Å². The van der Waals surface area contributed by atoms with Gasteiger partial charge < -0.3 is 5.11 Å². The molecule has 1 N–H and O–H groups in total. The molecule has 1 unspecified atom stereocenters. The maximum absolute atomic E-state index is 10.8. The summed E-state index contributed by atoms with van der Waals surface area (Å²) in [6.07, 6.45) is 5.36. The molecule has 0 aliphatic heterocycles. The van der Waals surface area contributed by atoms with Crippen LogP contribution in [0.15, 0.2) is 16.8 Å². The lowest BCUT2D eigenvalue weighted by Crippen LogP contribution is -2.48. The summed E-state index contributed by atoms with van der Waals surface area (Å²) in [6.45, 7) is 4.41. The van der Waals surface area contributed by atoms with Gasteiger partial charge in [-0.25, -0.2) is 0 Å². The van der Waals surface area contributed by atoms with Gasteiger partial charge in [-0.15, -0.1) is 0 Å². The monoisotopic (exact) mass is 224 g/mol. The van der Waals surface area contributed by atoms with E-state index >= 15 is 0 Å². The molecule has 0 aromatic carbocycles. The van der Waals surface area contributed by atoms with Crippen molar-refractivity contribution < 1.29 is 5.11 Å². The van der Waals surface area contributed by atoms with Crippen molar-refractivity contribution >= 4 is 11.3 Å². The third-order valence-electron chi connectivity index (χ3n) is 3.98. The number of thiophene rings is 1. The van der Waals surface area contributed by atoms with Crippen LogP contribution in [0, 0.1) is 5.41 Å². The second kappa shape index (κ2) is 3.91. The molecule has 15 heavy (non-hydrogen) atoms. The number of rotatable bonds is 2. The Morgan fingerprint density at radius 3 is 2.67 bits per heavy atom. The van der Waals surface area contributed by atoms with Gasteiger partial charge in [0.05, 0.1) is 5.60 Å².